The summed E-state index contributed by atoms with van der Waals surface area (Å²) >= 11 is 4.58. The van der Waals surface area contributed by atoms with E-state index in [4.69, 9.17) is 0 Å². The summed E-state index contributed by atoms with van der Waals surface area (Å²) in [7, 11) is 0. The maximum absolute atomic E-state index is 14.0. The van der Waals surface area contributed by atoms with Crippen LogP contribution in [0.15, 0.2) is 29.3 Å². The van der Waals surface area contributed by atoms with Gasteiger partial charge in [0.15, 0.2) is 0 Å². The van der Waals surface area contributed by atoms with Crippen molar-refractivity contribution in [3.63, 3.8) is 0 Å². The Hall–Kier alpha value is -0.790. The second-order valence-corrected chi connectivity index (χ2v) is 6.64. The molecule has 2 saturated carbocycles. The van der Waals surface area contributed by atoms with E-state index in [1.807, 2.05) is 0 Å². The van der Waals surface area contributed by atoms with Gasteiger partial charge in [-0.25, -0.2) is 9.38 Å². The van der Waals surface area contributed by atoms with Crippen molar-refractivity contribution < 1.29 is 4.39 Å². The molecule has 2 fully saturated rings. The van der Waals surface area contributed by atoms with Crippen molar-refractivity contribution in [1.82, 2.24) is 0 Å². The van der Waals surface area contributed by atoms with E-state index in [-0.39, 0.29) is 6.04 Å². The Morgan fingerprint density at radius 3 is 2.10 bits per heavy atom. The van der Waals surface area contributed by atoms with Crippen molar-refractivity contribution >= 4 is 17.4 Å². The molecule has 0 spiro atoms. The molecule has 0 saturated heterocycles. The smallest absolute Gasteiger partial charge is 0.124 e. The average molecular weight is 307 g/mol. The zero-order valence-corrected chi connectivity index (χ0v) is 13.7. The summed E-state index contributed by atoms with van der Waals surface area (Å²) in [4.78, 5) is 3.93. The molecule has 0 aromatic carbocycles. The van der Waals surface area contributed by atoms with Gasteiger partial charge in [0, 0.05) is 0 Å². The summed E-state index contributed by atoms with van der Waals surface area (Å²) < 4.78 is 14.0. The molecule has 0 aliphatic heterocycles. The number of aliphatic imine (C=N–C) groups is 1. The summed E-state index contributed by atoms with van der Waals surface area (Å²) in [6.07, 6.45) is 15.8. The summed E-state index contributed by atoms with van der Waals surface area (Å²) in [5, 5.41) is 2.33. The topological polar surface area (TPSA) is 12.4 Å². The molecule has 2 aliphatic carbocycles. The zero-order valence-electron chi connectivity index (χ0n) is 12.9. The van der Waals surface area contributed by atoms with Gasteiger partial charge in [0.2, 0.25) is 0 Å². The number of hydrogen-bond acceptors (Lipinski definition) is 2. The predicted octanol–water partition coefficient (Wildman–Crippen LogP) is 5.53. The molecule has 2 aliphatic rings. The fourth-order valence-electron chi connectivity index (χ4n) is 3.63. The number of halogens is 1. The predicted molar refractivity (Wildman–Crippen MR) is 90.5 cm³/mol. The lowest BCUT2D eigenvalue weighted by Crippen LogP contribution is -2.28. The summed E-state index contributed by atoms with van der Waals surface area (Å²) in [6, 6.07) is -0.247. The zero-order chi connectivity index (χ0) is 15.1. The van der Waals surface area contributed by atoms with Crippen LogP contribution in [0.5, 0.6) is 0 Å². The van der Waals surface area contributed by atoms with Crippen LogP contribution >= 0.6 is 12.2 Å². The van der Waals surface area contributed by atoms with Crippen molar-refractivity contribution in [2.75, 3.05) is 0 Å². The highest BCUT2D eigenvalue weighted by molar-refractivity contribution is 7.78. The van der Waals surface area contributed by atoms with Gasteiger partial charge in [-0.2, -0.15) is 0 Å². The molecule has 0 amide bonds. The van der Waals surface area contributed by atoms with Gasteiger partial charge in [-0.1, -0.05) is 24.3 Å². The highest BCUT2D eigenvalue weighted by atomic mass is 32.1. The van der Waals surface area contributed by atoms with Crippen LogP contribution in [0.3, 0.4) is 0 Å². The van der Waals surface area contributed by atoms with Gasteiger partial charge in [-0.3, -0.25) is 0 Å². The number of rotatable bonds is 4. The summed E-state index contributed by atoms with van der Waals surface area (Å²) in [6.45, 7) is 2.10. The van der Waals surface area contributed by atoms with Crippen LogP contribution < -0.4 is 0 Å². The van der Waals surface area contributed by atoms with Gasteiger partial charge in [0.05, 0.1) is 11.2 Å². The van der Waals surface area contributed by atoms with E-state index in [0.717, 1.165) is 18.8 Å². The molecular weight excluding hydrogens is 281 g/mol. The molecular formula is C18H26FNS. The molecule has 0 bridgehead atoms. The van der Waals surface area contributed by atoms with Crippen LogP contribution in [0, 0.1) is 17.8 Å². The second kappa shape index (κ2) is 8.60. The first-order valence-electron chi connectivity index (χ1n) is 8.25. The lowest BCUT2D eigenvalue weighted by molar-refractivity contribution is 0.192. The first-order chi connectivity index (χ1) is 10.2. The second-order valence-electron chi connectivity index (χ2n) is 6.46. The van der Waals surface area contributed by atoms with Crippen molar-refractivity contribution in [2.45, 2.75) is 64.1 Å². The van der Waals surface area contributed by atoms with Gasteiger partial charge in [-0.15, -0.1) is 0 Å². The largest absolute Gasteiger partial charge is 0.245 e. The Morgan fingerprint density at radius 1 is 0.952 bits per heavy atom. The minimum Gasteiger partial charge on any atom is -0.245 e. The molecule has 2 rings (SSSR count). The third kappa shape index (κ3) is 5.16. The summed E-state index contributed by atoms with van der Waals surface area (Å²) in [5.41, 5.74) is 0. The molecule has 3 unspecified atom stereocenters. The number of nitrogens with zero attached hydrogens (tertiary/aromatic N) is 1. The van der Waals surface area contributed by atoms with E-state index in [1.54, 1.807) is 0 Å². The van der Waals surface area contributed by atoms with E-state index in [1.165, 1.54) is 25.7 Å². The molecule has 0 aromatic rings. The molecule has 3 heteroatoms. The van der Waals surface area contributed by atoms with Gasteiger partial charge < -0.3 is 0 Å². The third-order valence-electron chi connectivity index (χ3n) is 4.93. The standard InChI is InChI=1S/C18H26FNS/c1-2-3-14-4-6-15(7-5-14)8-9-16-10-11-18(20-13-21)17(19)12-16/h2-3,8-9,14-18H,4-7,10-12H2,1H3/b3-2+,9-8?. The molecule has 0 aromatic heterocycles. The van der Waals surface area contributed by atoms with Crippen LogP contribution in [-0.4, -0.2) is 17.4 Å². The lowest BCUT2D eigenvalue weighted by atomic mass is 9.80. The van der Waals surface area contributed by atoms with E-state index in [0.29, 0.717) is 18.3 Å². The van der Waals surface area contributed by atoms with Gasteiger partial charge in [-0.05, 0) is 81.8 Å². The Bertz CT molecular complexity index is 417. The van der Waals surface area contributed by atoms with Crippen molar-refractivity contribution in [2.24, 2.45) is 22.7 Å². The van der Waals surface area contributed by atoms with Crippen LogP contribution in [0.2, 0.25) is 0 Å². The summed E-state index contributed by atoms with van der Waals surface area (Å²) in [5.74, 6) is 1.85. The molecule has 0 radical (unpaired) electrons. The van der Waals surface area contributed by atoms with E-state index in [9.17, 15) is 4.39 Å². The van der Waals surface area contributed by atoms with Crippen molar-refractivity contribution in [1.29, 1.82) is 0 Å². The Kier molecular flexibility index (Phi) is 6.79. The molecule has 1 nitrogen and oxygen atoms in total. The molecule has 21 heavy (non-hydrogen) atoms. The molecule has 116 valence electrons. The van der Waals surface area contributed by atoms with Crippen LogP contribution in [-0.2, 0) is 0 Å². The van der Waals surface area contributed by atoms with Gasteiger partial charge in [0.1, 0.15) is 6.17 Å². The van der Waals surface area contributed by atoms with Gasteiger partial charge in [0.25, 0.3) is 0 Å². The van der Waals surface area contributed by atoms with E-state index in [2.05, 4.69) is 53.6 Å². The Balaban J connectivity index is 1.77. The quantitative estimate of drug-likeness (QED) is 0.377. The maximum Gasteiger partial charge on any atom is 0.124 e. The maximum atomic E-state index is 14.0. The molecule has 0 N–H and O–H groups in total. The van der Waals surface area contributed by atoms with Crippen LogP contribution in [0.25, 0.3) is 0 Å². The number of isothiocyanates is 1. The number of alkyl halides is 1. The first kappa shape index (κ1) is 16.6. The molecule has 3 atom stereocenters. The van der Waals surface area contributed by atoms with Crippen LogP contribution in [0.1, 0.15) is 51.9 Å². The fraction of sp³-hybridized carbons (Fsp3) is 0.722. The van der Waals surface area contributed by atoms with Crippen molar-refractivity contribution in [3.05, 3.63) is 24.3 Å². The SMILES string of the molecule is C/C=C/C1CCC(C=CC2CCC(N=C=S)C(F)C2)CC1. The van der Waals surface area contributed by atoms with E-state index < -0.39 is 6.17 Å². The fourth-order valence-corrected chi connectivity index (χ4v) is 3.77. The minimum atomic E-state index is -0.853. The van der Waals surface area contributed by atoms with Crippen LogP contribution in [0.4, 0.5) is 4.39 Å². The monoisotopic (exact) mass is 307 g/mol. The highest BCUT2D eigenvalue weighted by Gasteiger charge is 2.29. The third-order valence-corrected chi connectivity index (χ3v) is 5.04. The highest BCUT2D eigenvalue weighted by Crippen LogP contribution is 2.33. The van der Waals surface area contributed by atoms with E-state index >= 15 is 0 Å². The van der Waals surface area contributed by atoms with Crippen molar-refractivity contribution in [3.8, 4) is 0 Å². The average Bonchev–Trinajstić information content (AvgIpc) is 2.49. The van der Waals surface area contributed by atoms with Gasteiger partial charge >= 0.3 is 0 Å². The number of thiocarbonyl (C=S) groups is 1. The Labute approximate surface area is 133 Å². The lowest BCUT2D eigenvalue weighted by Gasteiger charge is -2.28. The molecule has 0 heterocycles. The number of allylic oxidation sites excluding steroid dienone is 4. The first-order valence-corrected chi connectivity index (χ1v) is 8.66. The number of hydrogen-bond donors (Lipinski definition) is 0. The Morgan fingerprint density at radius 2 is 1.52 bits per heavy atom. The minimum absolute atomic E-state index is 0.247. The normalized spacial score (nSPS) is 37.7.